The van der Waals surface area contributed by atoms with Gasteiger partial charge in [-0.1, -0.05) is 283 Å². The first-order valence-electron chi connectivity index (χ1n) is 42.2. The Bertz CT molecular complexity index is 3980. The van der Waals surface area contributed by atoms with Crippen LogP contribution in [0, 0.1) is 22.0 Å². The van der Waals surface area contributed by atoms with Crippen LogP contribution in [-0.2, 0) is 0 Å². The van der Waals surface area contributed by atoms with Gasteiger partial charge in [-0.05, 0) is 140 Å². The standard InChI is InChI=1S/C95H125N5O8/c1-5-9-13-17-21-25-29-33-37-41-69-105-86-47-45-48-87(106-70-42-38-34-30-26-22-18-14-10-6-2)93(86)91-82-63-61-78(96-82)77(60-53-73-51-54-75(55-52-73)95(101)102)79-62-64-83(97-79)92(85-68-66-81(99-85)90(80-65-67-84(91)98-80)74-56-58-76(59-57-74)100(103)104)94-88(107-71-43-39-35-31-27-23-19-15-11-7-3)49-46-50-89(94)108-72-44-40-36-32-28-24-20-16-12-8-4/h45-52,54-59,61-68,96,99H,5-44,69-72H2,1-4H3,(H,101,102). The zero-order valence-corrected chi connectivity index (χ0v) is 66.0. The number of hydrogen-bond acceptors (Lipinski definition) is 9. The average Bonchev–Trinajstić information content (AvgIpc) is 1.57. The molecule has 4 aromatic carbocycles. The number of carbonyl (C=O) groups is 1. The normalized spacial score (nSPS) is 11.7. The second-order valence-electron chi connectivity index (χ2n) is 29.8. The highest BCUT2D eigenvalue weighted by Crippen LogP contribution is 2.47. The fraction of sp³-hybridized carbons (Fsp3) is 0.505. The number of fused-ring (bicyclic) bond motifs is 8. The summed E-state index contributed by atoms with van der Waals surface area (Å²) in [6.07, 6.45) is 56.6. The van der Waals surface area contributed by atoms with Gasteiger partial charge in [-0.2, -0.15) is 0 Å². The number of carboxylic acid groups (broad SMARTS) is 1. The number of H-pyrrole nitrogens is 2. The number of nitro benzene ring substituents is 1. The van der Waals surface area contributed by atoms with Crippen LogP contribution >= 0.6 is 0 Å². The molecule has 108 heavy (non-hydrogen) atoms. The number of unbranched alkanes of at least 4 members (excludes halogenated alkanes) is 36. The third-order valence-electron chi connectivity index (χ3n) is 21.1. The van der Waals surface area contributed by atoms with E-state index in [1.165, 1.54) is 180 Å². The molecule has 3 aromatic heterocycles. The summed E-state index contributed by atoms with van der Waals surface area (Å²) in [6, 6.07) is 33.9. The SMILES string of the molecule is CCCCCCCCCCCCOc1cccc(OCCCCCCCCCCCC)c1-c1c2nc(c(-c3ccc([N+](=O)[O-])cc3)c3ccc([nH]3)c(-c3c(OCCCCCCCCCCCC)cccc3OCCCCCCCCCCCC)c3nc(c(C#Cc4ccc(C(=O)O)cc4)c4ccc1[nH]4)C=C3)C=C2. The molecule has 8 bridgehead atoms. The molecule has 13 heteroatoms. The highest BCUT2D eigenvalue weighted by atomic mass is 16.6. The van der Waals surface area contributed by atoms with Crippen molar-refractivity contribution in [3.05, 3.63) is 159 Å². The largest absolute Gasteiger partial charge is 0.493 e. The van der Waals surface area contributed by atoms with E-state index < -0.39 is 5.97 Å². The summed E-state index contributed by atoms with van der Waals surface area (Å²) in [5, 5.41) is 22.3. The predicted octanol–water partition coefficient (Wildman–Crippen LogP) is 27.9. The van der Waals surface area contributed by atoms with Gasteiger partial charge >= 0.3 is 5.97 Å². The Morgan fingerprint density at radius 2 is 0.667 bits per heavy atom. The van der Waals surface area contributed by atoms with Gasteiger partial charge in [0.15, 0.2) is 0 Å². The van der Waals surface area contributed by atoms with Crippen LogP contribution in [-0.4, -0.2) is 62.4 Å². The van der Waals surface area contributed by atoms with Gasteiger partial charge < -0.3 is 34.0 Å². The molecule has 0 aliphatic carbocycles. The summed E-state index contributed by atoms with van der Waals surface area (Å²) in [5.74, 6) is 8.70. The molecule has 2 aliphatic heterocycles. The molecule has 7 aromatic rings. The number of benzene rings is 4. The summed E-state index contributed by atoms with van der Waals surface area (Å²) in [7, 11) is 0. The topological polar surface area (TPSA) is 175 Å². The van der Waals surface area contributed by atoms with Gasteiger partial charge in [0.05, 0.1) is 81.9 Å². The lowest BCUT2D eigenvalue weighted by Gasteiger charge is -2.18. The average molecular weight is 1470 g/mol. The second kappa shape index (κ2) is 47.8. The first kappa shape index (κ1) is 83.2. The molecule has 0 unspecified atom stereocenters. The summed E-state index contributed by atoms with van der Waals surface area (Å²) < 4.78 is 28.1. The highest BCUT2D eigenvalue weighted by Gasteiger charge is 2.26. The number of aromatic nitrogens is 4. The van der Waals surface area contributed by atoms with Crippen molar-refractivity contribution in [2.45, 2.75) is 285 Å². The number of aromatic carboxylic acids is 1. The number of nitro groups is 1. The molecule has 2 aliphatic rings. The van der Waals surface area contributed by atoms with Crippen molar-refractivity contribution >= 4 is 58.0 Å². The second-order valence-corrected chi connectivity index (χ2v) is 29.8. The van der Waals surface area contributed by atoms with E-state index in [2.05, 4.69) is 73.8 Å². The highest BCUT2D eigenvalue weighted by molar-refractivity contribution is 6.01. The lowest BCUT2D eigenvalue weighted by molar-refractivity contribution is -0.384. The maximum absolute atomic E-state index is 12.4. The maximum Gasteiger partial charge on any atom is 0.335 e. The Morgan fingerprint density at radius 3 is 1.02 bits per heavy atom. The molecule has 578 valence electrons. The van der Waals surface area contributed by atoms with E-state index >= 15 is 0 Å². The summed E-state index contributed by atoms with van der Waals surface area (Å²) >= 11 is 0. The monoisotopic (exact) mass is 1460 g/mol. The van der Waals surface area contributed by atoms with E-state index in [9.17, 15) is 20.0 Å². The lowest BCUT2D eigenvalue weighted by Crippen LogP contribution is -2.04. The smallest absolute Gasteiger partial charge is 0.335 e. The summed E-state index contributed by atoms with van der Waals surface area (Å²) in [5.41, 5.74) is 11.4. The molecule has 0 spiro atoms. The number of ether oxygens (including phenoxy) is 4. The molecular weight excluding hydrogens is 1340 g/mol. The molecule has 0 amide bonds. The minimum atomic E-state index is -1.01. The van der Waals surface area contributed by atoms with Crippen LogP contribution < -0.4 is 18.9 Å². The number of rotatable bonds is 53. The van der Waals surface area contributed by atoms with Crippen LogP contribution in [0.4, 0.5) is 5.69 Å². The fourth-order valence-corrected chi connectivity index (χ4v) is 14.8. The zero-order chi connectivity index (χ0) is 75.6. The zero-order valence-electron chi connectivity index (χ0n) is 66.0. The Morgan fingerprint density at radius 1 is 0.361 bits per heavy atom. The van der Waals surface area contributed by atoms with Crippen LogP contribution in [0.3, 0.4) is 0 Å². The number of nitrogens with zero attached hydrogens (tertiary/aromatic N) is 3. The third kappa shape index (κ3) is 26.5. The molecule has 0 fully saturated rings. The van der Waals surface area contributed by atoms with E-state index in [0.717, 1.165) is 127 Å². The van der Waals surface area contributed by atoms with Gasteiger partial charge in [0.1, 0.15) is 23.0 Å². The van der Waals surface area contributed by atoms with Crippen LogP contribution in [0.5, 0.6) is 23.0 Å². The van der Waals surface area contributed by atoms with Crippen molar-refractivity contribution in [3.8, 4) is 68.2 Å². The molecule has 13 nitrogen and oxygen atoms in total. The molecule has 5 heterocycles. The Kier molecular flexibility index (Phi) is 36.8. The number of hydrogen-bond donors (Lipinski definition) is 3. The predicted molar refractivity (Wildman–Crippen MR) is 451 cm³/mol. The van der Waals surface area contributed by atoms with Crippen molar-refractivity contribution < 1.29 is 33.8 Å². The van der Waals surface area contributed by atoms with E-state index in [1.807, 2.05) is 72.8 Å². The van der Waals surface area contributed by atoms with Crippen molar-refractivity contribution in [3.63, 3.8) is 0 Å². The van der Waals surface area contributed by atoms with Gasteiger partial charge in [-0.3, -0.25) is 10.1 Å². The lowest BCUT2D eigenvalue weighted by atomic mass is 10.0. The molecule has 0 radical (unpaired) electrons. The van der Waals surface area contributed by atoms with Gasteiger partial charge in [0.25, 0.3) is 5.69 Å². The van der Waals surface area contributed by atoms with E-state index in [1.54, 1.807) is 36.4 Å². The molecule has 0 saturated carbocycles. The Labute approximate surface area is 646 Å². The van der Waals surface area contributed by atoms with Crippen LogP contribution in [0.25, 0.3) is 79.8 Å². The number of nitrogens with one attached hydrogen (secondary N) is 2. The number of carboxylic acids is 1. The Balaban J connectivity index is 1.22. The van der Waals surface area contributed by atoms with E-state index in [-0.39, 0.29) is 16.2 Å². The van der Waals surface area contributed by atoms with E-state index in [4.69, 9.17) is 28.9 Å². The van der Waals surface area contributed by atoms with Crippen LogP contribution in [0.2, 0.25) is 0 Å². The van der Waals surface area contributed by atoms with Crippen molar-refractivity contribution in [2.24, 2.45) is 0 Å². The van der Waals surface area contributed by atoms with Crippen molar-refractivity contribution in [1.82, 2.24) is 19.9 Å². The third-order valence-corrected chi connectivity index (χ3v) is 21.1. The minimum absolute atomic E-state index is 0.0146. The summed E-state index contributed by atoms with van der Waals surface area (Å²) in [6.45, 7) is 11.2. The molecular formula is C95H125N5O8. The van der Waals surface area contributed by atoms with Crippen molar-refractivity contribution in [1.29, 1.82) is 0 Å². The minimum Gasteiger partial charge on any atom is -0.493 e. The fourth-order valence-electron chi connectivity index (χ4n) is 14.8. The molecule has 3 N–H and O–H groups in total. The first-order chi connectivity index (χ1) is 53.2. The number of aromatic amines is 2. The van der Waals surface area contributed by atoms with Crippen LogP contribution in [0.15, 0.2) is 109 Å². The van der Waals surface area contributed by atoms with Crippen molar-refractivity contribution in [2.75, 3.05) is 26.4 Å². The number of non-ortho nitro benzene ring substituents is 1. The first-order valence-corrected chi connectivity index (χ1v) is 42.2. The molecule has 0 saturated heterocycles. The quantitative estimate of drug-likeness (QED) is 0.0144. The van der Waals surface area contributed by atoms with Gasteiger partial charge in [0, 0.05) is 50.9 Å². The van der Waals surface area contributed by atoms with Gasteiger partial charge in [-0.15, -0.1) is 0 Å². The Hall–Kier alpha value is -8.89. The van der Waals surface area contributed by atoms with E-state index in [0.29, 0.717) is 88.8 Å². The van der Waals surface area contributed by atoms with Gasteiger partial charge in [0.2, 0.25) is 0 Å². The molecule has 9 rings (SSSR count). The summed E-state index contributed by atoms with van der Waals surface area (Å²) in [4.78, 5) is 43.2. The van der Waals surface area contributed by atoms with Gasteiger partial charge in [-0.25, -0.2) is 14.8 Å². The van der Waals surface area contributed by atoms with Crippen LogP contribution in [0.1, 0.15) is 329 Å². The maximum atomic E-state index is 12.4. The molecule has 0 atom stereocenters.